The van der Waals surface area contributed by atoms with Gasteiger partial charge in [0.25, 0.3) is 0 Å². The zero-order valence-corrected chi connectivity index (χ0v) is 17.0. The highest BCUT2D eigenvalue weighted by Gasteiger charge is 2.32. The van der Waals surface area contributed by atoms with Crippen LogP contribution in [0.2, 0.25) is 0 Å². The van der Waals surface area contributed by atoms with Crippen molar-refractivity contribution in [3.63, 3.8) is 0 Å². The molecule has 0 atom stereocenters. The number of benzene rings is 1. The van der Waals surface area contributed by atoms with Crippen LogP contribution >= 0.6 is 15.9 Å². The van der Waals surface area contributed by atoms with Crippen molar-refractivity contribution in [2.24, 2.45) is 0 Å². The van der Waals surface area contributed by atoms with Crippen molar-refractivity contribution in [1.29, 1.82) is 0 Å². The lowest BCUT2D eigenvalue weighted by molar-refractivity contribution is -0.274. The number of carbonyl (C=O) groups is 1. The van der Waals surface area contributed by atoms with Gasteiger partial charge in [-0.25, -0.2) is 9.78 Å². The molecule has 0 saturated heterocycles. The summed E-state index contributed by atoms with van der Waals surface area (Å²) in [4.78, 5) is 15.9. The molecule has 0 unspecified atom stereocenters. The first-order valence-corrected chi connectivity index (χ1v) is 8.68. The van der Waals surface area contributed by atoms with Gasteiger partial charge in [0.05, 0.1) is 7.11 Å². The van der Waals surface area contributed by atoms with Crippen molar-refractivity contribution in [3.05, 3.63) is 40.6 Å². The third-order valence-corrected chi connectivity index (χ3v) is 3.46. The molecule has 0 aliphatic carbocycles. The maximum absolute atomic E-state index is 12.5. The van der Waals surface area contributed by atoms with Crippen LogP contribution in [0.5, 0.6) is 23.0 Å². The summed E-state index contributed by atoms with van der Waals surface area (Å²) in [5.41, 5.74) is 0.0306. The molecule has 0 aliphatic rings. The second-order valence-corrected chi connectivity index (χ2v) is 7.28. The highest BCUT2D eigenvalue weighted by atomic mass is 79.9. The molecular weight excluding hydrogens is 444 g/mol. The fourth-order valence-electron chi connectivity index (χ4n) is 2.06. The average Bonchev–Trinajstić information content (AvgIpc) is 2.54. The van der Waals surface area contributed by atoms with E-state index in [0.717, 1.165) is 12.1 Å². The average molecular weight is 458 g/mol. The van der Waals surface area contributed by atoms with E-state index in [0.29, 0.717) is 4.60 Å². The number of hydrogen-bond acceptors (Lipinski definition) is 6. The molecule has 1 heterocycles. The normalized spacial score (nSPS) is 11.6. The van der Waals surface area contributed by atoms with Crippen molar-refractivity contribution in [3.8, 4) is 23.0 Å². The first-order valence-electron chi connectivity index (χ1n) is 7.88. The Morgan fingerprint density at radius 3 is 2.32 bits per heavy atom. The highest BCUT2D eigenvalue weighted by Crippen LogP contribution is 2.38. The van der Waals surface area contributed by atoms with Crippen molar-refractivity contribution in [2.45, 2.75) is 11.7 Å². The van der Waals surface area contributed by atoms with E-state index in [1.807, 2.05) is 0 Å². The molecule has 0 radical (unpaired) electrons. The number of methoxy groups -OCH3 is 1. The van der Waals surface area contributed by atoms with Crippen LogP contribution in [-0.4, -0.2) is 53.3 Å². The maximum atomic E-state index is 12.5. The van der Waals surface area contributed by atoms with Gasteiger partial charge in [0.2, 0.25) is 0 Å². The van der Waals surface area contributed by atoms with Crippen LogP contribution in [0.1, 0.15) is 10.4 Å². The van der Waals surface area contributed by atoms with Crippen LogP contribution < -0.4 is 14.2 Å². The predicted octanol–water partition coefficient (Wildman–Crippen LogP) is 1.21. The van der Waals surface area contributed by atoms with Crippen molar-refractivity contribution in [1.82, 2.24) is 4.98 Å². The summed E-state index contributed by atoms with van der Waals surface area (Å²) in [5.74, 6) is -1.00. The molecule has 0 amide bonds. The maximum Gasteiger partial charge on any atom is 0.573 e. The molecule has 2 aromatic rings. The van der Waals surface area contributed by atoms with Gasteiger partial charge in [0.1, 0.15) is 45.2 Å². The topological polar surface area (TPSA) is 66.9 Å². The van der Waals surface area contributed by atoms with Crippen LogP contribution in [0.4, 0.5) is 13.2 Å². The van der Waals surface area contributed by atoms with Gasteiger partial charge in [-0.2, -0.15) is 0 Å². The van der Waals surface area contributed by atoms with E-state index in [9.17, 15) is 18.0 Å². The Bertz CT molecular complexity index is 877. The smallest absolute Gasteiger partial charge is 0.510 e. The lowest BCUT2D eigenvalue weighted by Crippen LogP contribution is -2.37. The first kappa shape index (κ1) is 22.0. The summed E-state index contributed by atoms with van der Waals surface area (Å²) in [6, 6.07) is 4.80. The van der Waals surface area contributed by atoms with Gasteiger partial charge in [-0.05, 0) is 28.1 Å². The lowest BCUT2D eigenvalue weighted by Gasteiger charge is -2.24. The Morgan fingerprint density at radius 1 is 1.07 bits per heavy atom. The van der Waals surface area contributed by atoms with Crippen LogP contribution in [0.3, 0.4) is 0 Å². The molecule has 146 valence electrons. The molecule has 0 saturated carbocycles. The Morgan fingerprint density at radius 2 is 1.75 bits per heavy atom. The van der Waals surface area contributed by atoms with E-state index in [4.69, 9.17) is 9.47 Å². The quantitative estimate of drug-likeness (QED) is 0.369. The summed E-state index contributed by atoms with van der Waals surface area (Å²) >= 11 is 3.17. The fraction of sp³-hybridized carbons (Fsp3) is 0.200. The van der Waals surface area contributed by atoms with Gasteiger partial charge in [0.15, 0.2) is 11.5 Å². The largest absolute Gasteiger partial charge is 0.573 e. The number of carbonyl (C=O) groups excluding carboxylic acids is 1. The van der Waals surface area contributed by atoms with E-state index in [1.54, 1.807) is 23.5 Å². The molecule has 28 heavy (non-hydrogen) atoms. The van der Waals surface area contributed by atoms with Gasteiger partial charge in [-0.3, -0.25) is 0 Å². The summed E-state index contributed by atoms with van der Waals surface area (Å²) in [6.07, 6.45) is -3.61. The van der Waals surface area contributed by atoms with E-state index in [-0.39, 0.29) is 22.8 Å². The van der Waals surface area contributed by atoms with Gasteiger partial charge in [-0.1, -0.05) is 0 Å². The van der Waals surface area contributed by atoms with Gasteiger partial charge >= 0.3 is 12.3 Å². The van der Waals surface area contributed by atoms with Crippen LogP contribution in [-0.2, 0) is 4.74 Å². The summed E-state index contributed by atoms with van der Waals surface area (Å²) in [5, 5.41) is -0.737. The number of aromatic nitrogens is 1. The first-order chi connectivity index (χ1) is 12.9. The minimum Gasteiger partial charge on any atom is -0.510 e. The molecule has 0 bridgehead atoms. The number of nitrogens with zero attached hydrogens (tertiary/aromatic N) is 1. The van der Waals surface area contributed by atoms with Crippen molar-refractivity contribution >= 4 is 45.4 Å². The zero-order valence-electron chi connectivity index (χ0n) is 15.4. The standard InChI is InChI=1S/C15H14B3BrF3NO5/c1-25-13(24)8-6-23-12(19)5-10(8)26-9-3-2-7(27-15(20,21)22)4-11(9)28-14(16,17)18/h2-6H,16-18H2,1H3. The second kappa shape index (κ2) is 8.38. The molecule has 0 spiro atoms. The number of pyridine rings is 1. The zero-order chi connectivity index (χ0) is 21.1. The minimum atomic E-state index is -4.85. The molecular formula is C15H14B3BrF3NO5. The van der Waals surface area contributed by atoms with Gasteiger partial charge in [-0.15, -0.1) is 13.2 Å². The Balaban J connectivity index is 2.47. The third kappa shape index (κ3) is 6.40. The van der Waals surface area contributed by atoms with Crippen molar-refractivity contribution < 1.29 is 36.9 Å². The molecule has 0 fully saturated rings. The number of esters is 1. The van der Waals surface area contributed by atoms with E-state index in [1.165, 1.54) is 25.4 Å². The molecule has 6 nitrogen and oxygen atoms in total. The van der Waals surface area contributed by atoms with Crippen LogP contribution in [0, 0.1) is 0 Å². The van der Waals surface area contributed by atoms with Crippen molar-refractivity contribution in [2.75, 3.05) is 7.11 Å². The number of rotatable bonds is 6. The van der Waals surface area contributed by atoms with Crippen LogP contribution in [0.25, 0.3) is 0 Å². The highest BCUT2D eigenvalue weighted by molar-refractivity contribution is 9.10. The SMILES string of the molecule is BC(B)(B)Oc1cc(OC(F)(F)F)ccc1Oc1cc(Br)ncc1C(=O)OC. The molecule has 2 rings (SSSR count). The minimum absolute atomic E-state index is 0.00185. The number of halogens is 4. The molecule has 0 N–H and O–H groups in total. The molecule has 0 aliphatic heterocycles. The van der Waals surface area contributed by atoms with Gasteiger partial charge < -0.3 is 18.9 Å². The summed E-state index contributed by atoms with van der Waals surface area (Å²) < 4.78 is 58.0. The molecule has 1 aromatic carbocycles. The monoisotopic (exact) mass is 457 g/mol. The number of alkyl halides is 3. The predicted molar refractivity (Wildman–Crippen MR) is 105 cm³/mol. The number of hydrogen-bond donors (Lipinski definition) is 0. The number of ether oxygens (including phenoxy) is 4. The summed E-state index contributed by atoms with van der Waals surface area (Å²) in [6.45, 7) is 0. The van der Waals surface area contributed by atoms with E-state index < -0.39 is 23.4 Å². The Labute approximate surface area is 170 Å². The molecule has 13 heteroatoms. The van der Waals surface area contributed by atoms with Crippen LogP contribution in [0.15, 0.2) is 35.1 Å². The van der Waals surface area contributed by atoms with E-state index in [2.05, 4.69) is 30.4 Å². The third-order valence-electron chi connectivity index (χ3n) is 3.02. The molecule has 1 aromatic heterocycles. The Kier molecular flexibility index (Phi) is 6.58. The van der Waals surface area contributed by atoms with E-state index >= 15 is 0 Å². The summed E-state index contributed by atoms with van der Waals surface area (Å²) in [7, 11) is 6.36. The second-order valence-electron chi connectivity index (χ2n) is 6.47. The van der Waals surface area contributed by atoms with Gasteiger partial charge in [0, 0.05) is 23.6 Å². The lowest BCUT2D eigenvalue weighted by atomic mass is 9.52. The fourth-order valence-corrected chi connectivity index (χ4v) is 2.37. The Hall–Kier alpha value is -2.30.